The summed E-state index contributed by atoms with van der Waals surface area (Å²) in [5, 5.41) is 6.55. The van der Waals surface area contributed by atoms with Crippen LogP contribution in [-0.4, -0.2) is 54.3 Å². The highest BCUT2D eigenvalue weighted by atomic mass is 19.4. The number of rotatable bonds is 3. The minimum absolute atomic E-state index is 0.199. The highest BCUT2D eigenvalue weighted by Gasteiger charge is 2.58. The molecule has 156 valence electrons. The van der Waals surface area contributed by atoms with Gasteiger partial charge in [0.05, 0.1) is 12.0 Å². The van der Waals surface area contributed by atoms with Gasteiger partial charge in [-0.3, -0.25) is 20.4 Å². The van der Waals surface area contributed by atoms with Gasteiger partial charge in [-0.1, -0.05) is 30.3 Å². The van der Waals surface area contributed by atoms with Crippen molar-refractivity contribution in [3.05, 3.63) is 47.2 Å². The second-order valence-electron chi connectivity index (χ2n) is 7.28. The number of alkyl halides is 3. The van der Waals surface area contributed by atoms with Crippen LogP contribution >= 0.6 is 0 Å². The molecule has 1 aromatic carbocycles. The van der Waals surface area contributed by atoms with Crippen molar-refractivity contribution in [3.8, 4) is 0 Å². The molecule has 2 amide bonds. The van der Waals surface area contributed by atoms with Crippen molar-refractivity contribution in [2.45, 2.75) is 37.3 Å². The number of carbonyl (C=O) groups is 2. The smallest absolute Gasteiger partial charge is 0.366 e. The van der Waals surface area contributed by atoms with E-state index in [1.165, 1.54) is 6.92 Å². The van der Waals surface area contributed by atoms with Crippen molar-refractivity contribution < 1.29 is 22.8 Å². The van der Waals surface area contributed by atoms with Crippen molar-refractivity contribution in [1.82, 2.24) is 31.9 Å². The number of allylic oxidation sites excluding steroid dienone is 1. The Labute approximate surface area is 164 Å². The van der Waals surface area contributed by atoms with E-state index < -0.39 is 36.1 Å². The normalized spacial score (nSPS) is 27.8. The largest absolute Gasteiger partial charge is 0.406 e. The highest BCUT2D eigenvalue weighted by molar-refractivity contribution is 6.19. The van der Waals surface area contributed by atoms with Gasteiger partial charge in [0.15, 0.2) is 0 Å². The van der Waals surface area contributed by atoms with Crippen molar-refractivity contribution in [3.63, 3.8) is 0 Å². The highest BCUT2D eigenvalue weighted by Crippen LogP contribution is 2.41. The van der Waals surface area contributed by atoms with E-state index in [-0.39, 0.29) is 17.3 Å². The summed E-state index contributed by atoms with van der Waals surface area (Å²) in [6.07, 6.45) is -5.56. The molecule has 11 heteroatoms. The average Bonchev–Trinajstić information content (AvgIpc) is 3.29. The molecule has 0 aromatic heterocycles. The summed E-state index contributed by atoms with van der Waals surface area (Å²) in [6.45, 7) is 2.49. The number of nitrogens with one attached hydrogen (secondary N) is 5. The number of hydrogen-bond donors (Lipinski definition) is 5. The Morgan fingerprint density at radius 3 is 2.45 bits per heavy atom. The van der Waals surface area contributed by atoms with Gasteiger partial charge in [0.2, 0.25) is 0 Å². The van der Waals surface area contributed by atoms with E-state index >= 15 is 0 Å². The maximum absolute atomic E-state index is 13.8. The Hall–Kier alpha value is -2.63. The minimum atomic E-state index is -4.59. The molecule has 2 saturated heterocycles. The van der Waals surface area contributed by atoms with Crippen LogP contribution in [0.2, 0.25) is 0 Å². The molecule has 3 heterocycles. The molecule has 3 aliphatic rings. The number of halogens is 3. The standard InChI is InChI=1S/C18H21F3N6O2/c1-9-12(16(28)25-11-7-22-23-8-11)17(29)27-15(24-9)13(10-5-3-2-4-6-10)14(26-27)18(19,20)21/h2-6,11,13-15,22-24,26H,7-8H2,1H3,(H,25,28). The first-order chi connectivity index (χ1) is 13.8. The molecule has 3 aliphatic heterocycles. The van der Waals surface area contributed by atoms with E-state index in [1.807, 2.05) is 0 Å². The van der Waals surface area contributed by atoms with E-state index in [0.717, 1.165) is 5.01 Å². The third kappa shape index (κ3) is 3.56. The lowest BCUT2D eigenvalue weighted by Gasteiger charge is -2.34. The van der Waals surface area contributed by atoms with E-state index in [4.69, 9.17) is 0 Å². The van der Waals surface area contributed by atoms with E-state index in [2.05, 4.69) is 26.9 Å². The van der Waals surface area contributed by atoms with Crippen LogP contribution in [0.3, 0.4) is 0 Å². The van der Waals surface area contributed by atoms with Gasteiger partial charge in [-0.25, -0.2) is 10.4 Å². The van der Waals surface area contributed by atoms with Gasteiger partial charge in [0.25, 0.3) is 11.8 Å². The van der Waals surface area contributed by atoms with Crippen LogP contribution in [0.25, 0.3) is 0 Å². The summed E-state index contributed by atoms with van der Waals surface area (Å²) >= 11 is 0. The summed E-state index contributed by atoms with van der Waals surface area (Å²) in [4.78, 5) is 25.6. The number of fused-ring (bicyclic) bond motifs is 1. The SMILES string of the molecule is CC1=C(C(=O)NC2CNNC2)C(=O)N2NC(C(F)(F)F)C(c3ccccc3)C2N1. The quantitative estimate of drug-likeness (QED) is 0.445. The zero-order valence-corrected chi connectivity index (χ0v) is 15.5. The Morgan fingerprint density at radius 1 is 1.17 bits per heavy atom. The molecular formula is C18H21F3N6O2. The maximum Gasteiger partial charge on any atom is 0.406 e. The maximum atomic E-state index is 13.8. The van der Waals surface area contributed by atoms with Crippen LogP contribution in [0.1, 0.15) is 18.4 Å². The number of carbonyl (C=O) groups excluding carboxylic acids is 2. The van der Waals surface area contributed by atoms with Crippen LogP contribution in [-0.2, 0) is 9.59 Å². The van der Waals surface area contributed by atoms with E-state index in [9.17, 15) is 22.8 Å². The molecule has 5 N–H and O–H groups in total. The summed E-state index contributed by atoms with van der Waals surface area (Å²) in [7, 11) is 0. The lowest BCUT2D eigenvalue weighted by Crippen LogP contribution is -2.57. The van der Waals surface area contributed by atoms with Crippen LogP contribution in [0.15, 0.2) is 41.6 Å². The van der Waals surface area contributed by atoms with Crippen LogP contribution in [0.4, 0.5) is 13.2 Å². The Morgan fingerprint density at radius 2 is 1.83 bits per heavy atom. The summed E-state index contributed by atoms with van der Waals surface area (Å²) in [5.74, 6) is -2.47. The fourth-order valence-corrected chi connectivity index (χ4v) is 3.98. The first kappa shape index (κ1) is 19.7. The fourth-order valence-electron chi connectivity index (χ4n) is 3.98. The van der Waals surface area contributed by atoms with Crippen molar-refractivity contribution in [2.24, 2.45) is 0 Å². The zero-order chi connectivity index (χ0) is 20.8. The number of benzene rings is 1. The van der Waals surface area contributed by atoms with Crippen molar-refractivity contribution in [2.75, 3.05) is 13.1 Å². The summed E-state index contributed by atoms with van der Waals surface area (Å²) in [5.41, 5.74) is 8.50. The van der Waals surface area contributed by atoms with Crippen molar-refractivity contribution in [1.29, 1.82) is 0 Å². The minimum Gasteiger partial charge on any atom is -0.366 e. The molecule has 3 atom stereocenters. The Balaban J connectivity index is 1.64. The Kier molecular flexibility index (Phi) is 4.97. The van der Waals surface area contributed by atoms with Gasteiger partial charge < -0.3 is 10.6 Å². The van der Waals surface area contributed by atoms with E-state index in [1.54, 1.807) is 30.3 Å². The van der Waals surface area contributed by atoms with Crippen LogP contribution in [0.5, 0.6) is 0 Å². The second-order valence-corrected chi connectivity index (χ2v) is 7.28. The molecule has 29 heavy (non-hydrogen) atoms. The number of nitrogens with zero attached hydrogens (tertiary/aromatic N) is 1. The first-order valence-corrected chi connectivity index (χ1v) is 9.22. The monoisotopic (exact) mass is 410 g/mol. The molecule has 4 rings (SSSR count). The van der Waals surface area contributed by atoms with E-state index in [0.29, 0.717) is 18.7 Å². The predicted molar refractivity (Wildman–Crippen MR) is 96.6 cm³/mol. The van der Waals surface area contributed by atoms with Gasteiger partial charge in [0.1, 0.15) is 17.8 Å². The van der Waals surface area contributed by atoms with Crippen LogP contribution in [0, 0.1) is 0 Å². The summed E-state index contributed by atoms with van der Waals surface area (Å²) < 4.78 is 41.3. The molecular weight excluding hydrogens is 389 g/mol. The predicted octanol–water partition coefficient (Wildman–Crippen LogP) is -0.156. The molecule has 1 aromatic rings. The number of amides is 2. The topological polar surface area (TPSA) is 97.5 Å². The lowest BCUT2D eigenvalue weighted by molar-refractivity contribution is -0.161. The molecule has 0 saturated carbocycles. The van der Waals surface area contributed by atoms with Crippen LogP contribution < -0.4 is 26.9 Å². The average molecular weight is 410 g/mol. The van der Waals surface area contributed by atoms with Crippen molar-refractivity contribution >= 4 is 11.8 Å². The third-order valence-electron chi connectivity index (χ3n) is 5.35. The van der Waals surface area contributed by atoms with Gasteiger partial charge in [0, 0.05) is 18.8 Å². The van der Waals surface area contributed by atoms with Gasteiger partial charge in [-0.05, 0) is 12.5 Å². The number of hydrazine groups is 2. The third-order valence-corrected chi connectivity index (χ3v) is 5.35. The zero-order valence-electron chi connectivity index (χ0n) is 15.5. The lowest BCUT2D eigenvalue weighted by atomic mass is 9.89. The fraction of sp³-hybridized carbons (Fsp3) is 0.444. The first-order valence-electron chi connectivity index (χ1n) is 9.22. The Bertz CT molecular complexity index is 838. The second kappa shape index (κ2) is 7.32. The van der Waals surface area contributed by atoms with Gasteiger partial charge in [-0.15, -0.1) is 0 Å². The van der Waals surface area contributed by atoms with Gasteiger partial charge >= 0.3 is 6.18 Å². The molecule has 2 fully saturated rings. The molecule has 0 radical (unpaired) electrons. The molecule has 0 aliphatic carbocycles. The van der Waals surface area contributed by atoms with Gasteiger partial charge in [-0.2, -0.15) is 13.2 Å². The molecule has 8 nitrogen and oxygen atoms in total. The number of hydrogen-bond acceptors (Lipinski definition) is 6. The molecule has 3 unspecified atom stereocenters. The molecule has 0 bridgehead atoms. The summed E-state index contributed by atoms with van der Waals surface area (Å²) in [6, 6.07) is 6.03. The molecule has 0 spiro atoms.